The number of imidazole rings is 1. The molecule has 0 saturated carbocycles. The van der Waals surface area contributed by atoms with E-state index in [4.69, 9.17) is 11.6 Å². The number of aryl methyl sites for hydroxylation is 1. The molecule has 3 aromatic rings. The number of hydrogen-bond acceptors (Lipinski definition) is 4. The van der Waals surface area contributed by atoms with Crippen molar-refractivity contribution in [2.45, 2.75) is 39.2 Å². The lowest BCUT2D eigenvalue weighted by atomic mass is 10.0. The van der Waals surface area contributed by atoms with Crippen LogP contribution < -0.4 is 0 Å². The minimum atomic E-state index is -1.05. The molecule has 2 aromatic carbocycles. The smallest absolute Gasteiger partial charge is 0.331 e. The zero-order valence-corrected chi connectivity index (χ0v) is 18.5. The number of carboxylic acids is 1. The zero-order valence-electron chi connectivity index (χ0n) is 17.7. The summed E-state index contributed by atoms with van der Waals surface area (Å²) in [5.74, 6) is -0.179. The van der Waals surface area contributed by atoms with E-state index >= 15 is 0 Å². The number of carbonyl (C=O) groups is 1. The number of aliphatic carboxylic acids is 1. The molecular weight excluding hydrogens is 430 g/mol. The van der Waals surface area contributed by atoms with Crippen LogP contribution in [0.3, 0.4) is 0 Å². The van der Waals surface area contributed by atoms with Gasteiger partial charge in [-0.05, 0) is 29.7 Å². The number of nitro groups is 1. The minimum Gasteiger partial charge on any atom is -0.478 e. The van der Waals surface area contributed by atoms with Gasteiger partial charge in [-0.1, -0.05) is 55.3 Å². The first kappa shape index (κ1) is 23.2. The first-order chi connectivity index (χ1) is 15.4. The molecule has 32 heavy (non-hydrogen) atoms. The van der Waals surface area contributed by atoms with Gasteiger partial charge < -0.3 is 9.67 Å². The lowest BCUT2D eigenvalue weighted by Gasteiger charge is -2.12. The number of benzene rings is 2. The van der Waals surface area contributed by atoms with E-state index in [1.807, 2.05) is 28.8 Å². The number of aromatic nitrogens is 2. The summed E-state index contributed by atoms with van der Waals surface area (Å²) >= 11 is 6.36. The fourth-order valence-corrected chi connectivity index (χ4v) is 3.58. The van der Waals surface area contributed by atoms with Crippen LogP contribution >= 0.6 is 11.6 Å². The van der Waals surface area contributed by atoms with Gasteiger partial charge in [0.05, 0.1) is 23.4 Å². The fraction of sp³-hybridized carbons (Fsp3) is 0.250. The zero-order chi connectivity index (χ0) is 23.1. The Balaban J connectivity index is 1.95. The maximum Gasteiger partial charge on any atom is 0.331 e. The van der Waals surface area contributed by atoms with Crippen LogP contribution in [-0.4, -0.2) is 25.6 Å². The van der Waals surface area contributed by atoms with Crippen LogP contribution in [-0.2, 0) is 24.2 Å². The Morgan fingerprint density at radius 2 is 1.94 bits per heavy atom. The van der Waals surface area contributed by atoms with Crippen molar-refractivity contribution in [2.75, 3.05) is 0 Å². The predicted molar refractivity (Wildman–Crippen MR) is 124 cm³/mol. The molecule has 0 amide bonds. The Morgan fingerprint density at radius 1 is 1.22 bits per heavy atom. The van der Waals surface area contributed by atoms with Crippen molar-refractivity contribution in [1.82, 2.24) is 9.55 Å². The van der Waals surface area contributed by atoms with Gasteiger partial charge in [-0.3, -0.25) is 10.1 Å². The molecular formula is C24H24ClN3O4. The second-order valence-corrected chi connectivity index (χ2v) is 7.86. The minimum absolute atomic E-state index is 0.0343. The van der Waals surface area contributed by atoms with E-state index < -0.39 is 10.9 Å². The van der Waals surface area contributed by atoms with Gasteiger partial charge in [0.15, 0.2) is 0 Å². The van der Waals surface area contributed by atoms with E-state index in [-0.39, 0.29) is 17.7 Å². The van der Waals surface area contributed by atoms with Crippen LogP contribution in [0.1, 0.15) is 42.4 Å². The molecule has 0 unspecified atom stereocenters. The van der Waals surface area contributed by atoms with Crippen molar-refractivity contribution in [3.8, 4) is 0 Å². The van der Waals surface area contributed by atoms with Gasteiger partial charge >= 0.3 is 5.97 Å². The quantitative estimate of drug-likeness (QED) is 0.246. The lowest BCUT2D eigenvalue weighted by molar-refractivity contribution is -0.384. The Labute approximate surface area is 191 Å². The third kappa shape index (κ3) is 5.82. The van der Waals surface area contributed by atoms with Crippen molar-refractivity contribution in [2.24, 2.45) is 0 Å². The summed E-state index contributed by atoms with van der Waals surface area (Å²) in [6.07, 6.45) is 6.19. The van der Waals surface area contributed by atoms with E-state index in [0.717, 1.165) is 30.7 Å². The molecule has 0 bridgehead atoms. The molecule has 1 N–H and O–H groups in total. The molecule has 0 aliphatic rings. The van der Waals surface area contributed by atoms with Crippen LogP contribution in [0.15, 0.2) is 60.3 Å². The van der Waals surface area contributed by atoms with Crippen molar-refractivity contribution in [1.29, 1.82) is 0 Å². The highest BCUT2D eigenvalue weighted by molar-refractivity contribution is 6.31. The van der Waals surface area contributed by atoms with Crippen LogP contribution in [0, 0.1) is 10.1 Å². The first-order valence-electron chi connectivity index (χ1n) is 10.3. The molecule has 0 aliphatic carbocycles. The molecule has 7 nitrogen and oxygen atoms in total. The lowest BCUT2D eigenvalue weighted by Crippen LogP contribution is -2.09. The predicted octanol–water partition coefficient (Wildman–Crippen LogP) is 5.55. The van der Waals surface area contributed by atoms with E-state index in [1.165, 1.54) is 12.1 Å². The average molecular weight is 454 g/mol. The average Bonchev–Trinajstić information content (AvgIpc) is 3.14. The molecule has 0 spiro atoms. The van der Waals surface area contributed by atoms with Crippen molar-refractivity contribution >= 4 is 29.3 Å². The van der Waals surface area contributed by atoms with Crippen LogP contribution in [0.2, 0.25) is 5.02 Å². The molecule has 1 heterocycles. The normalized spacial score (nSPS) is 11.5. The monoisotopic (exact) mass is 453 g/mol. The summed E-state index contributed by atoms with van der Waals surface area (Å²) < 4.78 is 2.00. The van der Waals surface area contributed by atoms with Crippen LogP contribution in [0.4, 0.5) is 5.69 Å². The first-order valence-corrected chi connectivity index (χ1v) is 10.7. The largest absolute Gasteiger partial charge is 0.478 e. The van der Waals surface area contributed by atoms with Crippen molar-refractivity contribution in [3.05, 3.63) is 98.1 Å². The van der Waals surface area contributed by atoms with Crippen LogP contribution in [0.5, 0.6) is 0 Å². The van der Waals surface area contributed by atoms with Gasteiger partial charge in [-0.15, -0.1) is 0 Å². The van der Waals surface area contributed by atoms with Crippen molar-refractivity contribution in [3.63, 3.8) is 0 Å². The van der Waals surface area contributed by atoms with Gasteiger partial charge in [-0.25, -0.2) is 9.78 Å². The SMILES string of the molecule is CCCCc1ncc(/C=C(\Cc2ccc([N+](=O)[O-])cc2)C(=O)O)n1Cc1ccccc1Cl. The Bertz CT molecular complexity index is 1140. The van der Waals surface area contributed by atoms with E-state index in [1.54, 1.807) is 24.4 Å². The molecule has 0 fully saturated rings. The maximum atomic E-state index is 12.0. The molecule has 0 radical (unpaired) electrons. The Morgan fingerprint density at radius 3 is 2.56 bits per heavy atom. The summed E-state index contributed by atoms with van der Waals surface area (Å²) in [5, 5.41) is 21.3. The van der Waals surface area contributed by atoms with E-state index in [2.05, 4.69) is 11.9 Å². The number of non-ortho nitro benzene ring substituents is 1. The number of nitro benzene ring substituents is 1. The topological polar surface area (TPSA) is 98.3 Å². The number of nitrogens with zero attached hydrogens (tertiary/aromatic N) is 3. The highest BCUT2D eigenvalue weighted by atomic mass is 35.5. The third-order valence-electron chi connectivity index (χ3n) is 5.15. The highest BCUT2D eigenvalue weighted by Gasteiger charge is 2.15. The van der Waals surface area contributed by atoms with E-state index in [9.17, 15) is 20.0 Å². The molecule has 0 saturated heterocycles. The van der Waals surface area contributed by atoms with Gasteiger partial charge in [0.2, 0.25) is 0 Å². The second kappa shape index (κ2) is 10.7. The van der Waals surface area contributed by atoms with Gasteiger partial charge in [0.25, 0.3) is 5.69 Å². The van der Waals surface area contributed by atoms with Crippen LogP contribution in [0.25, 0.3) is 6.08 Å². The number of rotatable bonds is 10. The number of hydrogen-bond donors (Lipinski definition) is 1. The summed E-state index contributed by atoms with van der Waals surface area (Å²) in [7, 11) is 0. The third-order valence-corrected chi connectivity index (χ3v) is 5.52. The standard InChI is InChI=1S/C24H24ClN3O4/c1-2-3-8-23-26-15-21(27(23)16-18-6-4-5-7-22(18)25)14-19(24(29)30)13-17-9-11-20(12-10-17)28(31)32/h4-7,9-12,14-15H,2-3,8,13,16H2,1H3,(H,29,30)/b19-14+. The van der Waals surface area contributed by atoms with Gasteiger partial charge in [0.1, 0.15) is 5.82 Å². The van der Waals surface area contributed by atoms with E-state index in [0.29, 0.717) is 22.8 Å². The Hall–Kier alpha value is -3.45. The summed E-state index contributed by atoms with van der Waals surface area (Å²) in [4.78, 5) is 26.9. The number of carboxylic acid groups (broad SMARTS) is 1. The maximum absolute atomic E-state index is 12.0. The van der Waals surface area contributed by atoms with Crippen molar-refractivity contribution < 1.29 is 14.8 Å². The highest BCUT2D eigenvalue weighted by Crippen LogP contribution is 2.22. The molecule has 3 rings (SSSR count). The van der Waals surface area contributed by atoms with Gasteiger partial charge in [0, 0.05) is 35.6 Å². The number of halogens is 1. The molecule has 166 valence electrons. The molecule has 0 aliphatic heterocycles. The summed E-state index contributed by atoms with van der Waals surface area (Å²) in [6.45, 7) is 2.59. The number of unbranched alkanes of at least 4 members (excludes halogenated alkanes) is 1. The second-order valence-electron chi connectivity index (χ2n) is 7.46. The molecule has 1 aromatic heterocycles. The van der Waals surface area contributed by atoms with Gasteiger partial charge in [-0.2, -0.15) is 0 Å². The summed E-state index contributed by atoms with van der Waals surface area (Å²) in [6, 6.07) is 13.4. The molecule has 8 heteroatoms. The molecule has 0 atom stereocenters. The summed E-state index contributed by atoms with van der Waals surface area (Å²) in [5.41, 5.74) is 2.41. The Kier molecular flexibility index (Phi) is 7.78. The fourth-order valence-electron chi connectivity index (χ4n) is 3.38.